The van der Waals surface area contributed by atoms with E-state index in [4.69, 9.17) is 18.9 Å². The Morgan fingerprint density at radius 3 is 2.39 bits per heavy atom. The molecule has 2 aliphatic heterocycles. The van der Waals surface area contributed by atoms with E-state index in [9.17, 15) is 9.90 Å². The van der Waals surface area contributed by atoms with Gasteiger partial charge in [-0.2, -0.15) is 0 Å². The van der Waals surface area contributed by atoms with E-state index in [1.165, 1.54) is 26.3 Å². The molecule has 2 heterocycles. The average Bonchev–Trinajstić information content (AvgIpc) is 3.33. The molecule has 0 aromatic heterocycles. The zero-order valence-corrected chi connectivity index (χ0v) is 18.3. The van der Waals surface area contributed by atoms with Gasteiger partial charge in [0, 0.05) is 19.2 Å². The fraction of sp³-hybridized carbons (Fsp3) is 0.435. The van der Waals surface area contributed by atoms with Crippen LogP contribution in [0.1, 0.15) is 34.3 Å². The number of hydrogen-bond acceptors (Lipinski definition) is 7. The molecule has 1 saturated heterocycles. The number of nitrogens with zero attached hydrogens (tertiary/aromatic N) is 2. The summed E-state index contributed by atoms with van der Waals surface area (Å²) >= 11 is 0. The van der Waals surface area contributed by atoms with Crippen molar-refractivity contribution in [3.8, 4) is 17.2 Å². The third-order valence-corrected chi connectivity index (χ3v) is 6.05. The lowest BCUT2D eigenvalue weighted by atomic mass is 9.92. The maximum atomic E-state index is 13.8. The van der Waals surface area contributed by atoms with Crippen LogP contribution in [-0.2, 0) is 10.5 Å². The van der Waals surface area contributed by atoms with Crippen LogP contribution >= 0.6 is 0 Å². The van der Waals surface area contributed by atoms with Gasteiger partial charge in [0.2, 0.25) is 11.5 Å². The number of rotatable bonds is 7. The van der Waals surface area contributed by atoms with Crippen LogP contribution in [-0.4, -0.2) is 68.7 Å². The van der Waals surface area contributed by atoms with Crippen LogP contribution in [0.25, 0.3) is 0 Å². The summed E-state index contributed by atoms with van der Waals surface area (Å²) in [6.45, 7) is 1.08. The van der Waals surface area contributed by atoms with Crippen LogP contribution in [0.3, 0.4) is 0 Å². The second-order valence-corrected chi connectivity index (χ2v) is 7.64. The summed E-state index contributed by atoms with van der Waals surface area (Å²) in [5.41, 5.74) is -0.582. The third-order valence-electron chi connectivity index (χ3n) is 6.05. The minimum Gasteiger partial charge on any atom is -0.493 e. The Labute approximate surface area is 181 Å². The topological polar surface area (TPSA) is 80.7 Å². The Morgan fingerprint density at radius 1 is 1.06 bits per heavy atom. The van der Waals surface area contributed by atoms with Crippen molar-refractivity contribution in [2.75, 3.05) is 41.6 Å². The lowest BCUT2D eigenvalue weighted by Crippen LogP contribution is -2.57. The predicted octanol–water partition coefficient (Wildman–Crippen LogP) is 2.39. The van der Waals surface area contributed by atoms with E-state index in [1.807, 2.05) is 23.2 Å². The number of fused-ring (bicyclic) bond motifs is 1. The molecule has 1 amide bonds. The van der Waals surface area contributed by atoms with Crippen molar-refractivity contribution in [3.05, 3.63) is 53.1 Å². The lowest BCUT2D eigenvalue weighted by Gasteiger charge is -2.42. The molecule has 0 bridgehead atoms. The number of amides is 1. The molecule has 31 heavy (non-hydrogen) atoms. The third kappa shape index (κ3) is 3.13. The van der Waals surface area contributed by atoms with Crippen LogP contribution in [0.4, 0.5) is 0 Å². The highest BCUT2D eigenvalue weighted by Crippen LogP contribution is 2.54. The first-order valence-corrected chi connectivity index (χ1v) is 10.2. The minimum atomic E-state index is -1.78. The summed E-state index contributed by atoms with van der Waals surface area (Å²) in [6.07, 6.45) is 1.76. The van der Waals surface area contributed by atoms with Crippen LogP contribution in [0.2, 0.25) is 0 Å². The SMILES string of the molecule is COC[C@@H]1CCCN1N1C(=O)c2cc(OC)c(OC)c(OC)c2C1(O)c1ccccc1. The van der Waals surface area contributed by atoms with Gasteiger partial charge >= 0.3 is 0 Å². The molecule has 0 saturated carbocycles. The Bertz CT molecular complexity index is 966. The molecular formula is C23H28N2O6. The molecule has 1 N–H and O–H groups in total. The van der Waals surface area contributed by atoms with Gasteiger partial charge < -0.3 is 24.1 Å². The lowest BCUT2D eigenvalue weighted by molar-refractivity contribution is -0.167. The zero-order valence-electron chi connectivity index (χ0n) is 18.3. The van der Waals surface area contributed by atoms with E-state index >= 15 is 0 Å². The van der Waals surface area contributed by atoms with Gasteiger partial charge in [-0.25, -0.2) is 10.0 Å². The van der Waals surface area contributed by atoms with Crippen molar-refractivity contribution >= 4 is 5.91 Å². The van der Waals surface area contributed by atoms with E-state index < -0.39 is 5.72 Å². The smallest absolute Gasteiger partial charge is 0.272 e. The Balaban J connectivity index is 2.00. The highest BCUT2D eigenvalue weighted by Gasteiger charge is 2.57. The normalized spacial score (nSPS) is 23.2. The minimum absolute atomic E-state index is 0.0340. The quantitative estimate of drug-likeness (QED) is 0.725. The summed E-state index contributed by atoms with van der Waals surface area (Å²) in [5, 5.41) is 15.7. The van der Waals surface area contributed by atoms with Crippen LogP contribution in [0.5, 0.6) is 17.2 Å². The summed E-state index contributed by atoms with van der Waals surface area (Å²) in [7, 11) is 6.12. The Morgan fingerprint density at radius 2 is 1.77 bits per heavy atom. The van der Waals surface area contributed by atoms with Gasteiger partial charge in [-0.3, -0.25) is 4.79 Å². The molecule has 2 aromatic rings. The van der Waals surface area contributed by atoms with Crippen molar-refractivity contribution in [1.29, 1.82) is 0 Å². The molecule has 166 valence electrons. The molecule has 2 atom stereocenters. The summed E-state index contributed by atoms with van der Waals surface area (Å²) in [6, 6.07) is 10.7. The molecule has 0 radical (unpaired) electrons. The standard InChI is InChI=1S/C23H28N2O6/c1-28-14-16-11-8-12-24(16)25-22(26)17-13-18(29-2)20(30-3)21(31-4)19(17)23(25,27)15-9-6-5-7-10-15/h5-7,9-10,13,16,27H,8,11-12,14H2,1-4H3/t16-,23?/m0/s1. The summed E-state index contributed by atoms with van der Waals surface area (Å²) < 4.78 is 22.1. The van der Waals surface area contributed by atoms with Gasteiger partial charge in [0.25, 0.3) is 5.91 Å². The van der Waals surface area contributed by atoms with Crippen molar-refractivity contribution in [1.82, 2.24) is 10.0 Å². The predicted molar refractivity (Wildman–Crippen MR) is 113 cm³/mol. The van der Waals surface area contributed by atoms with E-state index in [2.05, 4.69) is 0 Å². The molecule has 8 nitrogen and oxygen atoms in total. The van der Waals surface area contributed by atoms with E-state index in [0.717, 1.165) is 12.8 Å². The number of methoxy groups -OCH3 is 4. The average molecular weight is 428 g/mol. The van der Waals surface area contributed by atoms with Crippen LogP contribution in [0, 0.1) is 0 Å². The molecule has 4 rings (SSSR count). The van der Waals surface area contributed by atoms with Gasteiger partial charge in [-0.1, -0.05) is 30.3 Å². The second-order valence-electron chi connectivity index (χ2n) is 7.64. The van der Waals surface area contributed by atoms with Crippen LogP contribution in [0.15, 0.2) is 36.4 Å². The van der Waals surface area contributed by atoms with Gasteiger partial charge in [0.1, 0.15) is 0 Å². The molecule has 8 heteroatoms. The van der Waals surface area contributed by atoms with E-state index in [1.54, 1.807) is 25.3 Å². The maximum Gasteiger partial charge on any atom is 0.272 e. The van der Waals surface area contributed by atoms with Gasteiger partial charge in [-0.05, 0) is 18.9 Å². The number of ether oxygens (including phenoxy) is 4. The first-order valence-electron chi connectivity index (χ1n) is 10.2. The molecule has 0 aliphatic carbocycles. The Kier molecular flexibility index (Phi) is 5.79. The molecule has 0 spiro atoms. The first-order chi connectivity index (χ1) is 15.0. The largest absolute Gasteiger partial charge is 0.493 e. The van der Waals surface area contributed by atoms with Gasteiger partial charge in [0.15, 0.2) is 11.5 Å². The number of aliphatic hydroxyl groups is 1. The fourth-order valence-electron chi connectivity index (χ4n) is 4.72. The monoisotopic (exact) mass is 428 g/mol. The molecule has 1 unspecified atom stereocenters. The Hall–Kier alpha value is -2.81. The zero-order chi connectivity index (χ0) is 22.2. The van der Waals surface area contributed by atoms with Crippen LogP contribution < -0.4 is 14.2 Å². The molecule has 2 aliphatic rings. The number of benzene rings is 2. The second kappa shape index (κ2) is 8.37. The summed E-state index contributed by atoms with van der Waals surface area (Å²) in [5.74, 6) is 0.617. The molecule has 1 fully saturated rings. The van der Waals surface area contributed by atoms with Crippen molar-refractivity contribution in [2.45, 2.75) is 24.6 Å². The van der Waals surface area contributed by atoms with Crippen molar-refractivity contribution < 1.29 is 28.8 Å². The highest BCUT2D eigenvalue weighted by molar-refractivity contribution is 6.02. The highest BCUT2D eigenvalue weighted by atomic mass is 16.5. The summed E-state index contributed by atoms with van der Waals surface area (Å²) in [4.78, 5) is 13.8. The maximum absolute atomic E-state index is 13.8. The number of carbonyl (C=O) groups is 1. The number of hydrazine groups is 1. The number of hydrogen-bond donors (Lipinski definition) is 1. The first kappa shape index (κ1) is 21.4. The fourth-order valence-corrected chi connectivity index (χ4v) is 4.72. The van der Waals surface area contributed by atoms with E-state index in [-0.39, 0.29) is 17.7 Å². The molecular weight excluding hydrogens is 400 g/mol. The van der Waals surface area contributed by atoms with Crippen molar-refractivity contribution in [3.63, 3.8) is 0 Å². The van der Waals surface area contributed by atoms with E-state index in [0.29, 0.717) is 41.3 Å². The molecule has 2 aromatic carbocycles. The van der Waals surface area contributed by atoms with Gasteiger partial charge in [0.05, 0.1) is 45.1 Å². The number of carbonyl (C=O) groups excluding carboxylic acids is 1. The van der Waals surface area contributed by atoms with Gasteiger partial charge in [-0.15, -0.1) is 0 Å². The van der Waals surface area contributed by atoms with Crippen molar-refractivity contribution in [2.24, 2.45) is 0 Å².